The summed E-state index contributed by atoms with van der Waals surface area (Å²) in [4.78, 5) is 0. The van der Waals surface area contributed by atoms with Crippen LogP contribution in [0.5, 0.6) is 0 Å². The summed E-state index contributed by atoms with van der Waals surface area (Å²) in [7, 11) is 0. The monoisotopic (exact) mass is 258 g/mol. The van der Waals surface area contributed by atoms with Gasteiger partial charge in [0.15, 0.2) is 0 Å². The first-order valence-electron chi connectivity index (χ1n) is 6.12. The molecule has 0 aliphatic carbocycles. The zero-order valence-electron chi connectivity index (χ0n) is 10.3. The Labute approximate surface area is 110 Å². The van der Waals surface area contributed by atoms with Crippen LogP contribution < -0.4 is 0 Å². The molecule has 0 spiro atoms. The van der Waals surface area contributed by atoms with Crippen LogP contribution in [0.3, 0.4) is 0 Å². The Morgan fingerprint density at radius 1 is 0.737 bits per heavy atom. The fourth-order valence-electron chi connectivity index (χ4n) is 1.97. The second kappa shape index (κ2) is 5.20. The molecule has 0 aliphatic heterocycles. The summed E-state index contributed by atoms with van der Waals surface area (Å²) in [5.41, 5.74) is 0. The zero-order valence-corrected chi connectivity index (χ0v) is 10.3. The number of aliphatic hydroxyl groups excluding tert-OH is 1. The average Bonchev–Trinajstić information content (AvgIpc) is 3.13. The lowest BCUT2D eigenvalue weighted by molar-refractivity contribution is 0.243. The molecule has 0 unspecified atom stereocenters. The minimum Gasteiger partial charge on any atom is -0.469 e. The molecule has 3 rings (SSSR count). The number of aliphatic hydroxyl groups is 1. The highest BCUT2D eigenvalue weighted by atomic mass is 16.4. The van der Waals surface area contributed by atoms with E-state index >= 15 is 0 Å². The summed E-state index contributed by atoms with van der Waals surface area (Å²) in [6.45, 7) is -0.0815. The topological polar surface area (TPSA) is 59.7 Å². The van der Waals surface area contributed by atoms with Crippen molar-refractivity contribution in [2.75, 3.05) is 0 Å². The van der Waals surface area contributed by atoms with Crippen molar-refractivity contribution in [1.82, 2.24) is 0 Å². The lowest BCUT2D eigenvalue weighted by Crippen LogP contribution is -1.84. The predicted octanol–water partition coefficient (Wildman–Crippen LogP) is 3.14. The van der Waals surface area contributed by atoms with Gasteiger partial charge in [0.05, 0.1) is 19.1 Å². The molecule has 1 N–H and O–H groups in total. The fourth-order valence-corrected chi connectivity index (χ4v) is 1.97. The van der Waals surface area contributed by atoms with Crippen molar-refractivity contribution in [2.45, 2.75) is 19.4 Å². The second-order valence-electron chi connectivity index (χ2n) is 4.33. The van der Waals surface area contributed by atoms with E-state index in [2.05, 4.69) is 0 Å². The Hall–Kier alpha value is -2.20. The minimum absolute atomic E-state index is 0.0815. The van der Waals surface area contributed by atoms with Crippen LogP contribution in [0.2, 0.25) is 0 Å². The van der Waals surface area contributed by atoms with Crippen molar-refractivity contribution < 1.29 is 18.4 Å². The lowest BCUT2D eigenvalue weighted by Gasteiger charge is -1.95. The summed E-state index contributed by atoms with van der Waals surface area (Å²) in [5, 5.41) is 8.94. The molecule has 3 aromatic heterocycles. The molecule has 3 aromatic rings. The van der Waals surface area contributed by atoms with Crippen LogP contribution in [0.15, 0.2) is 55.9 Å². The van der Waals surface area contributed by atoms with E-state index in [1.165, 1.54) is 0 Å². The molecule has 0 saturated carbocycles. The first-order valence-corrected chi connectivity index (χ1v) is 6.12. The van der Waals surface area contributed by atoms with Gasteiger partial charge in [0.2, 0.25) is 0 Å². The third-order valence-corrected chi connectivity index (χ3v) is 2.87. The standard InChI is InChI=1S/C15H14O4/c16-10-15-6-5-14(19-15)9-13-4-3-12(18-13)8-11-2-1-7-17-11/h1-7,16H,8-10H2. The SMILES string of the molecule is OCc1ccc(Cc2ccc(Cc3ccco3)o2)o1. The molecule has 0 radical (unpaired) electrons. The third-order valence-electron chi connectivity index (χ3n) is 2.87. The summed E-state index contributed by atoms with van der Waals surface area (Å²) in [5.74, 6) is 3.92. The number of hydrogen-bond acceptors (Lipinski definition) is 4. The van der Waals surface area contributed by atoms with Gasteiger partial charge in [-0.3, -0.25) is 0 Å². The van der Waals surface area contributed by atoms with Crippen LogP contribution >= 0.6 is 0 Å². The van der Waals surface area contributed by atoms with E-state index in [9.17, 15) is 0 Å². The van der Waals surface area contributed by atoms with E-state index in [1.54, 1.807) is 12.3 Å². The Morgan fingerprint density at radius 3 is 1.84 bits per heavy atom. The Bertz CT molecular complexity index is 631. The normalized spacial score (nSPS) is 11.0. The van der Waals surface area contributed by atoms with Gasteiger partial charge in [-0.1, -0.05) is 0 Å². The Kier molecular flexibility index (Phi) is 3.25. The van der Waals surface area contributed by atoms with Gasteiger partial charge in [-0.05, 0) is 36.4 Å². The van der Waals surface area contributed by atoms with E-state index in [4.69, 9.17) is 18.4 Å². The van der Waals surface area contributed by atoms with Gasteiger partial charge in [-0.2, -0.15) is 0 Å². The number of furan rings is 3. The van der Waals surface area contributed by atoms with Gasteiger partial charge in [0.25, 0.3) is 0 Å². The summed E-state index contributed by atoms with van der Waals surface area (Å²) in [6.07, 6.45) is 2.88. The Morgan fingerprint density at radius 2 is 1.32 bits per heavy atom. The molecule has 0 fully saturated rings. The van der Waals surface area contributed by atoms with Crippen LogP contribution in [0.1, 0.15) is 28.8 Å². The van der Waals surface area contributed by atoms with Gasteiger partial charge < -0.3 is 18.4 Å². The molecule has 3 heterocycles. The van der Waals surface area contributed by atoms with Crippen molar-refractivity contribution in [3.05, 3.63) is 71.5 Å². The van der Waals surface area contributed by atoms with E-state index in [1.807, 2.05) is 30.3 Å². The smallest absolute Gasteiger partial charge is 0.129 e. The molecule has 0 atom stereocenters. The molecule has 0 amide bonds. The first kappa shape index (κ1) is 11.9. The van der Waals surface area contributed by atoms with Crippen LogP contribution in [0, 0.1) is 0 Å². The second-order valence-corrected chi connectivity index (χ2v) is 4.33. The van der Waals surface area contributed by atoms with E-state index in [0.29, 0.717) is 18.6 Å². The van der Waals surface area contributed by atoms with Crippen LogP contribution in [0.4, 0.5) is 0 Å². The van der Waals surface area contributed by atoms with Crippen molar-refractivity contribution >= 4 is 0 Å². The molecule has 4 heteroatoms. The van der Waals surface area contributed by atoms with Crippen molar-refractivity contribution in [2.24, 2.45) is 0 Å². The van der Waals surface area contributed by atoms with Gasteiger partial charge in [-0.15, -0.1) is 0 Å². The summed E-state index contributed by atoms with van der Waals surface area (Å²) < 4.78 is 16.4. The third kappa shape index (κ3) is 2.80. The first-order chi connectivity index (χ1) is 9.33. The quantitative estimate of drug-likeness (QED) is 0.763. The summed E-state index contributed by atoms with van der Waals surface area (Å²) in [6, 6.07) is 11.3. The van der Waals surface area contributed by atoms with Gasteiger partial charge in [0.1, 0.15) is 35.4 Å². The fraction of sp³-hybridized carbons (Fsp3) is 0.200. The molecule has 0 aliphatic rings. The van der Waals surface area contributed by atoms with Crippen LogP contribution in [0.25, 0.3) is 0 Å². The number of hydrogen-bond donors (Lipinski definition) is 1. The molecule has 0 bridgehead atoms. The lowest BCUT2D eigenvalue weighted by atomic mass is 10.2. The molecule has 98 valence electrons. The Balaban J connectivity index is 1.67. The highest BCUT2D eigenvalue weighted by Crippen LogP contribution is 2.18. The zero-order chi connectivity index (χ0) is 13.1. The van der Waals surface area contributed by atoms with E-state index in [0.717, 1.165) is 23.0 Å². The number of rotatable bonds is 5. The van der Waals surface area contributed by atoms with E-state index in [-0.39, 0.29) is 6.61 Å². The predicted molar refractivity (Wildman–Crippen MR) is 67.7 cm³/mol. The largest absolute Gasteiger partial charge is 0.469 e. The maximum Gasteiger partial charge on any atom is 0.129 e. The molecule has 4 nitrogen and oxygen atoms in total. The highest BCUT2D eigenvalue weighted by Gasteiger charge is 2.08. The van der Waals surface area contributed by atoms with Gasteiger partial charge in [0, 0.05) is 0 Å². The maximum absolute atomic E-state index is 8.94. The van der Waals surface area contributed by atoms with Crippen molar-refractivity contribution in [3.63, 3.8) is 0 Å². The molecule has 0 saturated heterocycles. The van der Waals surface area contributed by atoms with Gasteiger partial charge >= 0.3 is 0 Å². The average molecular weight is 258 g/mol. The van der Waals surface area contributed by atoms with Gasteiger partial charge in [-0.25, -0.2) is 0 Å². The minimum atomic E-state index is -0.0815. The maximum atomic E-state index is 8.94. The molecule has 19 heavy (non-hydrogen) atoms. The summed E-state index contributed by atoms with van der Waals surface area (Å²) >= 11 is 0. The van der Waals surface area contributed by atoms with Crippen molar-refractivity contribution in [1.29, 1.82) is 0 Å². The van der Waals surface area contributed by atoms with Crippen LogP contribution in [-0.2, 0) is 19.4 Å². The molecular formula is C15H14O4. The highest BCUT2D eigenvalue weighted by molar-refractivity contribution is 5.18. The molecular weight excluding hydrogens is 244 g/mol. The van der Waals surface area contributed by atoms with Crippen LogP contribution in [-0.4, -0.2) is 5.11 Å². The van der Waals surface area contributed by atoms with E-state index < -0.39 is 0 Å². The van der Waals surface area contributed by atoms with Crippen molar-refractivity contribution in [3.8, 4) is 0 Å². The molecule has 0 aromatic carbocycles.